The number of hydrogen-bond acceptors (Lipinski definition) is 5. The summed E-state index contributed by atoms with van der Waals surface area (Å²) in [5.74, 6) is -1.35. The Labute approximate surface area is 169 Å². The van der Waals surface area contributed by atoms with E-state index in [1.54, 1.807) is 0 Å². The molecule has 0 spiro atoms. The van der Waals surface area contributed by atoms with E-state index in [0.717, 1.165) is 23.0 Å². The third-order valence-electron chi connectivity index (χ3n) is 4.06. The molecule has 0 atom stereocenters. The summed E-state index contributed by atoms with van der Waals surface area (Å²) in [6, 6.07) is 2.43. The van der Waals surface area contributed by atoms with Gasteiger partial charge in [-0.2, -0.15) is 31.4 Å². The molecular formula is C18H12F6N4O3. The summed E-state index contributed by atoms with van der Waals surface area (Å²) in [6.45, 7) is 0.712. The molecular weight excluding hydrogens is 434 g/mol. The lowest BCUT2D eigenvalue weighted by molar-refractivity contribution is -0.143. The molecule has 0 saturated heterocycles. The van der Waals surface area contributed by atoms with Crippen LogP contribution in [0.2, 0.25) is 0 Å². The summed E-state index contributed by atoms with van der Waals surface area (Å²) in [7, 11) is 0. The van der Waals surface area contributed by atoms with Crippen LogP contribution >= 0.6 is 0 Å². The molecule has 3 aromatic rings. The lowest BCUT2D eigenvalue weighted by Gasteiger charge is -2.16. The highest BCUT2D eigenvalue weighted by Gasteiger charge is 2.38. The number of carbonyl (C=O) groups excluding carboxylic acids is 2. The van der Waals surface area contributed by atoms with Gasteiger partial charge in [-0.05, 0) is 17.7 Å². The molecule has 0 aliphatic heterocycles. The van der Waals surface area contributed by atoms with Crippen LogP contribution in [0, 0.1) is 0 Å². The number of nitrogens with one attached hydrogen (secondary N) is 1. The highest BCUT2D eigenvalue weighted by Crippen LogP contribution is 2.37. The first-order chi connectivity index (χ1) is 14.3. The van der Waals surface area contributed by atoms with Crippen molar-refractivity contribution >= 4 is 17.4 Å². The van der Waals surface area contributed by atoms with Gasteiger partial charge in [-0.25, -0.2) is 0 Å². The number of benzene rings is 1. The number of alkyl halides is 6. The molecule has 0 bridgehead atoms. The first-order valence-electron chi connectivity index (χ1n) is 8.43. The normalized spacial score (nSPS) is 12.1. The molecule has 0 unspecified atom stereocenters. The second-order valence-electron chi connectivity index (χ2n) is 6.38. The van der Waals surface area contributed by atoms with E-state index in [1.807, 2.05) is 0 Å². The van der Waals surface area contributed by atoms with Crippen LogP contribution < -0.4 is 5.32 Å². The van der Waals surface area contributed by atoms with Gasteiger partial charge in [0.25, 0.3) is 5.91 Å². The van der Waals surface area contributed by atoms with Gasteiger partial charge in [0, 0.05) is 19.2 Å². The lowest BCUT2D eigenvalue weighted by Crippen LogP contribution is -2.15. The van der Waals surface area contributed by atoms with Crippen molar-refractivity contribution in [2.24, 2.45) is 0 Å². The molecule has 164 valence electrons. The van der Waals surface area contributed by atoms with Crippen molar-refractivity contribution in [3.05, 3.63) is 64.8 Å². The fourth-order valence-electron chi connectivity index (χ4n) is 2.59. The van der Waals surface area contributed by atoms with Crippen LogP contribution in [0.5, 0.6) is 0 Å². The van der Waals surface area contributed by atoms with Crippen molar-refractivity contribution in [3.63, 3.8) is 0 Å². The van der Waals surface area contributed by atoms with Crippen LogP contribution in [-0.4, -0.2) is 26.6 Å². The maximum Gasteiger partial charge on any atom is 0.416 e. The van der Waals surface area contributed by atoms with E-state index in [-0.39, 0.29) is 23.2 Å². The molecule has 0 aliphatic carbocycles. The summed E-state index contributed by atoms with van der Waals surface area (Å²) in [5, 5.41) is 9.59. The van der Waals surface area contributed by atoms with Crippen molar-refractivity contribution in [1.29, 1.82) is 0 Å². The second kappa shape index (κ2) is 7.89. The highest BCUT2D eigenvalue weighted by atomic mass is 19.4. The quantitative estimate of drug-likeness (QED) is 0.463. The first kappa shape index (κ1) is 22.1. The topological polar surface area (TPSA) is 90.0 Å². The van der Waals surface area contributed by atoms with Gasteiger partial charge < -0.3 is 9.84 Å². The number of amides is 1. The van der Waals surface area contributed by atoms with Crippen LogP contribution in [0.15, 0.2) is 41.2 Å². The van der Waals surface area contributed by atoms with Gasteiger partial charge in [0.15, 0.2) is 11.5 Å². The van der Waals surface area contributed by atoms with E-state index in [1.165, 1.54) is 13.1 Å². The van der Waals surface area contributed by atoms with Gasteiger partial charge in [-0.15, -0.1) is 0 Å². The maximum atomic E-state index is 13.2. The summed E-state index contributed by atoms with van der Waals surface area (Å²) in [5.41, 5.74) is -3.43. The Morgan fingerprint density at radius 1 is 1.10 bits per heavy atom. The predicted molar refractivity (Wildman–Crippen MR) is 92.2 cm³/mol. The first-order valence-corrected chi connectivity index (χ1v) is 8.43. The molecule has 0 aliphatic rings. The van der Waals surface area contributed by atoms with E-state index in [0.29, 0.717) is 6.07 Å². The van der Waals surface area contributed by atoms with Crippen LogP contribution in [0.4, 0.5) is 32.0 Å². The number of anilines is 1. The van der Waals surface area contributed by atoms with Crippen molar-refractivity contribution in [1.82, 2.24) is 14.9 Å². The maximum absolute atomic E-state index is 13.2. The Hall–Kier alpha value is -3.64. The van der Waals surface area contributed by atoms with Crippen LogP contribution in [0.1, 0.15) is 44.7 Å². The minimum absolute atomic E-state index is 0.0404. The standard InChI is InChI=1S/C18H12F6N4O3/c1-9(29)15-5-14(27-31-15)16(30)26-12-6-25-28(8-12)7-10-2-3-11(17(19,20)21)4-13(10)18(22,23)24/h2-6,8H,7H2,1H3,(H,26,30). The number of carbonyl (C=O) groups is 2. The van der Waals surface area contributed by atoms with Crippen LogP contribution in [-0.2, 0) is 18.9 Å². The number of hydrogen-bond donors (Lipinski definition) is 1. The molecule has 2 heterocycles. The number of nitrogens with zero attached hydrogens (tertiary/aromatic N) is 3. The fraction of sp³-hybridized carbons (Fsp3) is 0.222. The smallest absolute Gasteiger partial charge is 0.352 e. The molecule has 1 aromatic carbocycles. The Morgan fingerprint density at radius 3 is 2.39 bits per heavy atom. The molecule has 13 heteroatoms. The average molecular weight is 446 g/mol. The van der Waals surface area contributed by atoms with E-state index in [2.05, 4.69) is 20.1 Å². The van der Waals surface area contributed by atoms with Crippen molar-refractivity contribution in [2.45, 2.75) is 25.8 Å². The number of halogens is 6. The molecule has 2 aromatic heterocycles. The van der Waals surface area contributed by atoms with Gasteiger partial charge in [0.1, 0.15) is 0 Å². The fourth-order valence-corrected chi connectivity index (χ4v) is 2.59. The Kier molecular flexibility index (Phi) is 5.61. The average Bonchev–Trinajstić information content (AvgIpc) is 3.30. The second-order valence-corrected chi connectivity index (χ2v) is 6.38. The zero-order chi connectivity index (χ0) is 23.0. The Bertz CT molecular complexity index is 1130. The molecule has 3 rings (SSSR count). The van der Waals surface area contributed by atoms with E-state index >= 15 is 0 Å². The van der Waals surface area contributed by atoms with E-state index in [4.69, 9.17) is 0 Å². The minimum Gasteiger partial charge on any atom is -0.352 e. The van der Waals surface area contributed by atoms with E-state index < -0.39 is 47.3 Å². The molecule has 1 N–H and O–H groups in total. The third kappa shape index (κ3) is 5.10. The van der Waals surface area contributed by atoms with Crippen LogP contribution in [0.25, 0.3) is 0 Å². The summed E-state index contributed by atoms with van der Waals surface area (Å²) < 4.78 is 83.7. The molecule has 7 nitrogen and oxygen atoms in total. The number of rotatable bonds is 5. The summed E-state index contributed by atoms with van der Waals surface area (Å²) in [4.78, 5) is 23.3. The van der Waals surface area contributed by atoms with Gasteiger partial charge in [0.05, 0.1) is 29.6 Å². The zero-order valence-electron chi connectivity index (χ0n) is 15.5. The summed E-state index contributed by atoms with van der Waals surface area (Å²) >= 11 is 0. The lowest BCUT2D eigenvalue weighted by atomic mass is 10.0. The Balaban J connectivity index is 1.79. The van der Waals surface area contributed by atoms with Gasteiger partial charge in [-0.1, -0.05) is 11.2 Å². The van der Waals surface area contributed by atoms with Gasteiger partial charge >= 0.3 is 12.4 Å². The number of Topliss-reactive ketones (excluding diaryl/α,β-unsaturated/α-hetero) is 1. The van der Waals surface area contributed by atoms with E-state index in [9.17, 15) is 35.9 Å². The number of aromatic nitrogens is 3. The van der Waals surface area contributed by atoms with Crippen molar-refractivity contribution in [2.75, 3.05) is 5.32 Å². The van der Waals surface area contributed by atoms with Gasteiger partial charge in [0.2, 0.25) is 5.76 Å². The molecule has 0 saturated carbocycles. The minimum atomic E-state index is -5.01. The van der Waals surface area contributed by atoms with Crippen LogP contribution in [0.3, 0.4) is 0 Å². The largest absolute Gasteiger partial charge is 0.416 e. The number of ketones is 1. The molecule has 0 fully saturated rings. The predicted octanol–water partition coefficient (Wildman–Crippen LogP) is 4.41. The molecule has 1 amide bonds. The zero-order valence-corrected chi connectivity index (χ0v) is 15.5. The third-order valence-corrected chi connectivity index (χ3v) is 4.06. The van der Waals surface area contributed by atoms with Gasteiger partial charge in [-0.3, -0.25) is 14.3 Å². The molecule has 0 radical (unpaired) electrons. The monoisotopic (exact) mass is 446 g/mol. The SMILES string of the molecule is CC(=O)c1cc(C(=O)Nc2cnn(Cc3ccc(C(F)(F)F)cc3C(F)(F)F)c2)no1. The Morgan fingerprint density at radius 2 is 1.81 bits per heavy atom. The van der Waals surface area contributed by atoms with Crippen molar-refractivity contribution < 1.29 is 40.5 Å². The van der Waals surface area contributed by atoms with Crippen molar-refractivity contribution in [3.8, 4) is 0 Å². The highest BCUT2D eigenvalue weighted by molar-refractivity contribution is 6.04. The summed E-state index contributed by atoms with van der Waals surface area (Å²) in [6.07, 6.45) is -7.63. The molecule has 31 heavy (non-hydrogen) atoms.